The van der Waals surface area contributed by atoms with Crippen LogP contribution < -0.4 is 11.1 Å². The van der Waals surface area contributed by atoms with Crippen LogP contribution in [0.25, 0.3) is 0 Å². The van der Waals surface area contributed by atoms with Crippen LogP contribution in [0.5, 0.6) is 0 Å². The van der Waals surface area contributed by atoms with E-state index in [1.54, 1.807) is 6.92 Å². The number of fused-ring (bicyclic) bond motifs is 1. The number of nitrogens with two attached hydrogens (primary N) is 1. The second-order valence-corrected chi connectivity index (χ2v) is 4.06. The van der Waals surface area contributed by atoms with E-state index in [9.17, 15) is 5.11 Å². The first-order chi connectivity index (χ1) is 6.58. The van der Waals surface area contributed by atoms with Crippen molar-refractivity contribution in [3.8, 4) is 0 Å². The van der Waals surface area contributed by atoms with E-state index in [0.29, 0.717) is 0 Å². The zero-order valence-electron chi connectivity index (χ0n) is 8.54. The Balaban J connectivity index is 2.31. The second-order valence-electron chi connectivity index (χ2n) is 4.06. The molecule has 76 valence electrons. The van der Waals surface area contributed by atoms with Crippen LogP contribution in [0.3, 0.4) is 0 Å². The van der Waals surface area contributed by atoms with Gasteiger partial charge in [-0.25, -0.2) is 0 Å². The van der Waals surface area contributed by atoms with E-state index in [4.69, 9.17) is 5.73 Å². The Morgan fingerprint density at radius 2 is 2.29 bits per heavy atom. The summed E-state index contributed by atoms with van der Waals surface area (Å²) < 4.78 is 0. The number of benzene rings is 1. The van der Waals surface area contributed by atoms with Gasteiger partial charge in [-0.1, -0.05) is 0 Å². The molecule has 1 aromatic rings. The predicted molar refractivity (Wildman–Crippen MR) is 58.4 cm³/mol. The minimum atomic E-state index is -0.330. The molecule has 0 bridgehead atoms. The van der Waals surface area contributed by atoms with Crippen molar-refractivity contribution in [2.24, 2.45) is 0 Å². The lowest BCUT2D eigenvalue weighted by Gasteiger charge is -2.13. The van der Waals surface area contributed by atoms with E-state index in [-0.39, 0.29) is 12.1 Å². The fourth-order valence-corrected chi connectivity index (χ4v) is 1.85. The molecule has 0 aliphatic carbocycles. The number of aliphatic hydroxyl groups excluding tert-OH is 1. The third kappa shape index (κ3) is 1.44. The molecule has 0 amide bonds. The van der Waals surface area contributed by atoms with Gasteiger partial charge in [0.15, 0.2) is 0 Å². The molecule has 0 fully saturated rings. The molecule has 1 aliphatic rings. The lowest BCUT2D eigenvalue weighted by Crippen LogP contribution is -2.28. The van der Waals surface area contributed by atoms with Crippen molar-refractivity contribution >= 4 is 11.4 Å². The Hall–Kier alpha value is -1.22. The highest BCUT2D eigenvalue weighted by atomic mass is 16.3. The lowest BCUT2D eigenvalue weighted by atomic mass is 10.0. The van der Waals surface area contributed by atoms with Crippen molar-refractivity contribution in [3.05, 3.63) is 23.3 Å². The summed E-state index contributed by atoms with van der Waals surface area (Å²) in [7, 11) is 0. The van der Waals surface area contributed by atoms with Crippen LogP contribution >= 0.6 is 0 Å². The SMILES string of the molecule is Cc1cc2c(cc1N)CC(C(C)O)N2. The van der Waals surface area contributed by atoms with Gasteiger partial charge in [0.25, 0.3) is 0 Å². The molecule has 14 heavy (non-hydrogen) atoms. The number of aliphatic hydroxyl groups is 1. The van der Waals surface area contributed by atoms with Crippen LogP contribution in [0.15, 0.2) is 12.1 Å². The zero-order valence-corrected chi connectivity index (χ0v) is 8.54. The number of aryl methyl sites for hydroxylation is 1. The number of anilines is 2. The topological polar surface area (TPSA) is 58.3 Å². The summed E-state index contributed by atoms with van der Waals surface area (Å²) in [6.45, 7) is 3.80. The van der Waals surface area contributed by atoms with Gasteiger partial charge in [0, 0.05) is 11.4 Å². The minimum absolute atomic E-state index is 0.131. The molecular weight excluding hydrogens is 176 g/mol. The normalized spacial score (nSPS) is 21.5. The predicted octanol–water partition coefficient (Wildman–Crippen LogP) is 1.29. The van der Waals surface area contributed by atoms with Crippen LogP contribution in [0.2, 0.25) is 0 Å². The molecule has 0 aromatic heterocycles. The Bertz CT molecular complexity index is 330. The fraction of sp³-hybridized carbons (Fsp3) is 0.455. The largest absolute Gasteiger partial charge is 0.399 e. The highest BCUT2D eigenvalue weighted by molar-refractivity contribution is 5.65. The minimum Gasteiger partial charge on any atom is -0.399 e. The van der Waals surface area contributed by atoms with Crippen LogP contribution in [-0.4, -0.2) is 17.3 Å². The standard InChI is InChI=1S/C11H16N2O/c1-6-3-11-8(4-9(6)12)5-10(13-11)7(2)14/h3-4,7,10,13-14H,5,12H2,1-2H3. The van der Waals surface area contributed by atoms with E-state index < -0.39 is 0 Å². The fourth-order valence-electron chi connectivity index (χ4n) is 1.85. The lowest BCUT2D eigenvalue weighted by molar-refractivity contribution is 0.174. The molecule has 0 saturated carbocycles. The third-order valence-corrected chi connectivity index (χ3v) is 2.85. The summed E-state index contributed by atoms with van der Waals surface area (Å²) in [5, 5.41) is 12.8. The summed E-state index contributed by atoms with van der Waals surface area (Å²) in [4.78, 5) is 0. The average Bonchev–Trinajstić information content (AvgIpc) is 2.48. The summed E-state index contributed by atoms with van der Waals surface area (Å²) in [6, 6.07) is 4.18. The van der Waals surface area contributed by atoms with E-state index in [2.05, 4.69) is 5.32 Å². The molecule has 1 heterocycles. The molecule has 2 rings (SSSR count). The maximum atomic E-state index is 9.47. The van der Waals surface area contributed by atoms with Gasteiger partial charge in [0.05, 0.1) is 12.1 Å². The number of rotatable bonds is 1. The highest BCUT2D eigenvalue weighted by Crippen LogP contribution is 2.30. The molecular formula is C11H16N2O. The maximum absolute atomic E-state index is 9.47. The number of hydrogen-bond donors (Lipinski definition) is 3. The molecule has 0 radical (unpaired) electrons. The van der Waals surface area contributed by atoms with E-state index >= 15 is 0 Å². The molecule has 0 saturated heterocycles. The molecule has 3 nitrogen and oxygen atoms in total. The second kappa shape index (κ2) is 3.17. The monoisotopic (exact) mass is 192 g/mol. The van der Waals surface area contributed by atoms with Crippen LogP contribution in [0, 0.1) is 6.92 Å². The van der Waals surface area contributed by atoms with Crippen molar-refractivity contribution in [1.82, 2.24) is 0 Å². The van der Waals surface area contributed by atoms with Crippen molar-refractivity contribution in [2.45, 2.75) is 32.4 Å². The molecule has 1 aromatic carbocycles. The first-order valence-corrected chi connectivity index (χ1v) is 4.91. The Morgan fingerprint density at radius 3 is 2.93 bits per heavy atom. The third-order valence-electron chi connectivity index (χ3n) is 2.85. The van der Waals surface area contributed by atoms with E-state index in [0.717, 1.165) is 23.4 Å². The van der Waals surface area contributed by atoms with Crippen LogP contribution in [0.4, 0.5) is 11.4 Å². The molecule has 3 heteroatoms. The van der Waals surface area contributed by atoms with Gasteiger partial charge in [0.2, 0.25) is 0 Å². The Morgan fingerprint density at radius 1 is 1.57 bits per heavy atom. The molecule has 2 unspecified atom stereocenters. The number of hydrogen-bond acceptors (Lipinski definition) is 3. The number of nitrogen functional groups attached to an aromatic ring is 1. The van der Waals surface area contributed by atoms with Gasteiger partial charge in [-0.2, -0.15) is 0 Å². The van der Waals surface area contributed by atoms with E-state index in [1.807, 2.05) is 19.1 Å². The Kier molecular flexibility index (Phi) is 2.11. The van der Waals surface area contributed by atoms with E-state index in [1.165, 1.54) is 5.56 Å². The van der Waals surface area contributed by atoms with Crippen LogP contribution in [-0.2, 0) is 6.42 Å². The highest BCUT2D eigenvalue weighted by Gasteiger charge is 2.24. The van der Waals surface area contributed by atoms with Gasteiger partial charge in [-0.05, 0) is 43.5 Å². The number of nitrogens with one attached hydrogen (secondary N) is 1. The molecule has 2 atom stereocenters. The summed E-state index contributed by atoms with van der Waals surface area (Å²) in [5.41, 5.74) is 10.1. The van der Waals surface area contributed by atoms with Crippen molar-refractivity contribution < 1.29 is 5.11 Å². The summed E-state index contributed by atoms with van der Waals surface area (Å²) in [5.74, 6) is 0. The van der Waals surface area contributed by atoms with Crippen molar-refractivity contribution in [2.75, 3.05) is 11.1 Å². The first-order valence-electron chi connectivity index (χ1n) is 4.91. The van der Waals surface area contributed by atoms with Gasteiger partial charge in [-0.3, -0.25) is 0 Å². The maximum Gasteiger partial charge on any atom is 0.0716 e. The molecule has 4 N–H and O–H groups in total. The van der Waals surface area contributed by atoms with Gasteiger partial charge >= 0.3 is 0 Å². The average molecular weight is 192 g/mol. The van der Waals surface area contributed by atoms with Gasteiger partial charge in [0.1, 0.15) is 0 Å². The molecule has 0 spiro atoms. The Labute approximate surface area is 83.9 Å². The zero-order chi connectivity index (χ0) is 10.3. The smallest absolute Gasteiger partial charge is 0.0716 e. The van der Waals surface area contributed by atoms with Crippen molar-refractivity contribution in [1.29, 1.82) is 0 Å². The van der Waals surface area contributed by atoms with Gasteiger partial charge < -0.3 is 16.2 Å². The quantitative estimate of drug-likeness (QED) is 0.588. The van der Waals surface area contributed by atoms with Crippen LogP contribution in [0.1, 0.15) is 18.1 Å². The van der Waals surface area contributed by atoms with Crippen molar-refractivity contribution in [3.63, 3.8) is 0 Å². The molecule has 1 aliphatic heterocycles. The summed E-state index contributed by atoms with van der Waals surface area (Å²) >= 11 is 0. The summed E-state index contributed by atoms with van der Waals surface area (Å²) in [6.07, 6.45) is 0.529. The van der Waals surface area contributed by atoms with Gasteiger partial charge in [-0.15, -0.1) is 0 Å². The first kappa shape index (κ1) is 9.34.